The smallest absolute Gasteiger partial charge is 0.348 e. The van der Waals surface area contributed by atoms with Crippen molar-refractivity contribution in [1.29, 1.82) is 5.26 Å². The first kappa shape index (κ1) is 13.3. The largest absolute Gasteiger partial charge is 0.465 e. The summed E-state index contributed by atoms with van der Waals surface area (Å²) < 4.78 is 4.61. The highest BCUT2D eigenvalue weighted by Crippen LogP contribution is 2.20. The van der Waals surface area contributed by atoms with Crippen LogP contribution < -0.4 is 0 Å². The van der Waals surface area contributed by atoms with E-state index in [1.807, 2.05) is 13.8 Å². The molecule has 0 radical (unpaired) electrons. The maximum atomic E-state index is 11.2. The van der Waals surface area contributed by atoms with Gasteiger partial charge in [0, 0.05) is 5.41 Å². The Hall–Kier alpha value is -1.78. The van der Waals surface area contributed by atoms with Crippen molar-refractivity contribution in [3.63, 3.8) is 0 Å². The topological polar surface area (TPSA) is 50.1 Å². The molecule has 0 aliphatic heterocycles. The fraction of sp³-hybridized carbons (Fsp3) is 0.385. The van der Waals surface area contributed by atoms with Crippen molar-refractivity contribution in [1.82, 2.24) is 0 Å². The van der Waals surface area contributed by atoms with Crippen LogP contribution in [0.2, 0.25) is 0 Å². The van der Waals surface area contributed by atoms with Gasteiger partial charge in [-0.25, -0.2) is 4.79 Å². The van der Waals surface area contributed by atoms with Crippen molar-refractivity contribution < 1.29 is 9.53 Å². The summed E-state index contributed by atoms with van der Waals surface area (Å²) in [6, 6.07) is 5.58. The Kier molecular flexibility index (Phi) is 4.31. The first-order valence-corrected chi connectivity index (χ1v) is 5.88. The van der Waals surface area contributed by atoms with Crippen molar-refractivity contribution in [2.24, 2.45) is 5.41 Å². The van der Waals surface area contributed by atoms with Crippen LogP contribution in [0.3, 0.4) is 0 Å². The third kappa shape index (κ3) is 3.94. The molecule has 1 rings (SSSR count). The molecule has 4 heteroatoms. The van der Waals surface area contributed by atoms with Gasteiger partial charge in [-0.2, -0.15) is 5.26 Å². The summed E-state index contributed by atoms with van der Waals surface area (Å²) in [6.45, 7) is 3.83. The number of methoxy groups -OCH3 is 1. The molecular weight excluding hydrogens is 234 g/mol. The number of carbonyl (C=O) groups is 1. The average molecular weight is 247 g/mol. The number of rotatable bonds is 2. The Morgan fingerprint density at radius 3 is 2.82 bits per heavy atom. The summed E-state index contributed by atoms with van der Waals surface area (Å²) in [5, 5.41) is 8.63. The second kappa shape index (κ2) is 5.52. The summed E-state index contributed by atoms with van der Waals surface area (Å²) in [4.78, 5) is 12.6. The minimum Gasteiger partial charge on any atom is -0.465 e. The predicted molar refractivity (Wildman–Crippen MR) is 66.5 cm³/mol. The zero-order valence-corrected chi connectivity index (χ0v) is 10.9. The second-order valence-electron chi connectivity index (χ2n) is 4.12. The Morgan fingerprint density at radius 1 is 1.53 bits per heavy atom. The summed E-state index contributed by atoms with van der Waals surface area (Å²) in [6.07, 6.45) is 0.384. The van der Waals surface area contributed by atoms with Crippen LogP contribution in [-0.2, 0) is 4.74 Å². The molecule has 0 bridgehead atoms. The molecule has 88 valence electrons. The summed E-state index contributed by atoms with van der Waals surface area (Å²) in [5.74, 6) is 5.66. The van der Waals surface area contributed by atoms with Gasteiger partial charge in [0.25, 0.3) is 0 Å². The molecule has 17 heavy (non-hydrogen) atoms. The van der Waals surface area contributed by atoms with Gasteiger partial charge in [0.15, 0.2) is 0 Å². The van der Waals surface area contributed by atoms with E-state index in [2.05, 4.69) is 22.6 Å². The van der Waals surface area contributed by atoms with Crippen molar-refractivity contribution in [2.75, 3.05) is 7.11 Å². The van der Waals surface area contributed by atoms with E-state index >= 15 is 0 Å². The minimum atomic E-state index is -0.348. The molecule has 3 nitrogen and oxygen atoms in total. The normalized spacial score (nSPS) is 10.0. The molecule has 0 N–H and O–H groups in total. The van der Waals surface area contributed by atoms with Gasteiger partial charge in [0.1, 0.15) is 4.88 Å². The number of ether oxygens (including phenoxy) is 1. The van der Waals surface area contributed by atoms with Crippen LogP contribution in [0.5, 0.6) is 0 Å². The van der Waals surface area contributed by atoms with E-state index in [-0.39, 0.29) is 11.4 Å². The molecule has 0 aromatic carbocycles. The SMILES string of the molecule is COC(=O)c1ccc(C#CC(C)(C)CC#N)s1. The lowest BCUT2D eigenvalue weighted by Crippen LogP contribution is -2.05. The molecule has 0 aliphatic carbocycles. The van der Waals surface area contributed by atoms with Crippen LogP contribution in [-0.4, -0.2) is 13.1 Å². The Morgan fingerprint density at radius 2 is 2.24 bits per heavy atom. The quantitative estimate of drug-likeness (QED) is 0.596. The molecule has 1 aromatic rings. The van der Waals surface area contributed by atoms with Gasteiger partial charge >= 0.3 is 5.97 Å². The number of hydrogen-bond donors (Lipinski definition) is 0. The highest BCUT2D eigenvalue weighted by atomic mass is 32.1. The lowest BCUT2D eigenvalue weighted by molar-refractivity contribution is 0.0606. The van der Waals surface area contributed by atoms with E-state index in [9.17, 15) is 4.79 Å². The van der Waals surface area contributed by atoms with Crippen LogP contribution in [0.1, 0.15) is 34.8 Å². The third-order valence-corrected chi connectivity index (χ3v) is 3.02. The number of nitrogens with zero attached hydrogens (tertiary/aromatic N) is 1. The molecular formula is C13H13NO2S. The molecule has 0 saturated heterocycles. The maximum Gasteiger partial charge on any atom is 0.348 e. The third-order valence-electron chi connectivity index (χ3n) is 2.04. The molecule has 0 saturated carbocycles. The first-order valence-electron chi connectivity index (χ1n) is 5.07. The van der Waals surface area contributed by atoms with E-state index in [4.69, 9.17) is 5.26 Å². The summed E-state index contributed by atoms with van der Waals surface area (Å²) in [5.41, 5.74) is -0.329. The van der Waals surface area contributed by atoms with Gasteiger partial charge < -0.3 is 4.74 Å². The van der Waals surface area contributed by atoms with Crippen molar-refractivity contribution in [3.05, 3.63) is 21.9 Å². The summed E-state index contributed by atoms with van der Waals surface area (Å²) in [7, 11) is 1.35. The van der Waals surface area contributed by atoms with E-state index in [1.54, 1.807) is 12.1 Å². The van der Waals surface area contributed by atoms with Crippen molar-refractivity contribution in [3.8, 4) is 17.9 Å². The zero-order chi connectivity index (χ0) is 12.9. The molecule has 0 spiro atoms. The maximum absolute atomic E-state index is 11.2. The lowest BCUT2D eigenvalue weighted by atomic mass is 9.91. The molecule has 1 heterocycles. The van der Waals surface area contributed by atoms with E-state index in [1.165, 1.54) is 18.4 Å². The number of esters is 1. The number of carbonyl (C=O) groups excluding carboxylic acids is 1. The number of thiophene rings is 1. The van der Waals surface area contributed by atoms with Crippen LogP contribution in [0, 0.1) is 28.6 Å². The van der Waals surface area contributed by atoms with Gasteiger partial charge in [0.05, 0.1) is 24.5 Å². The fourth-order valence-electron chi connectivity index (χ4n) is 1.09. The predicted octanol–water partition coefficient (Wildman–Crippen LogP) is 2.83. The molecule has 0 amide bonds. The van der Waals surface area contributed by atoms with Gasteiger partial charge in [-0.15, -0.1) is 11.3 Å². The Labute approximate surface area is 105 Å². The minimum absolute atomic E-state index is 0.329. The van der Waals surface area contributed by atoms with E-state index < -0.39 is 0 Å². The Balaban J connectivity index is 2.84. The zero-order valence-electron chi connectivity index (χ0n) is 10.0. The van der Waals surface area contributed by atoms with Crippen molar-refractivity contribution >= 4 is 17.3 Å². The van der Waals surface area contributed by atoms with Crippen LogP contribution in [0.25, 0.3) is 0 Å². The molecule has 0 unspecified atom stereocenters. The molecule has 0 atom stereocenters. The monoisotopic (exact) mass is 247 g/mol. The number of nitriles is 1. The van der Waals surface area contributed by atoms with Gasteiger partial charge in [-0.1, -0.05) is 11.8 Å². The molecule has 0 aliphatic rings. The summed E-state index contributed by atoms with van der Waals surface area (Å²) >= 11 is 1.29. The van der Waals surface area contributed by atoms with Gasteiger partial charge in [-0.3, -0.25) is 0 Å². The average Bonchev–Trinajstić information content (AvgIpc) is 2.74. The standard InChI is InChI=1S/C13H13NO2S/c1-13(2,8-9-14)7-6-10-4-5-11(17-10)12(15)16-3/h4-5H,8H2,1-3H3. The molecule has 0 fully saturated rings. The second-order valence-corrected chi connectivity index (χ2v) is 5.21. The van der Waals surface area contributed by atoms with Crippen LogP contribution in [0.15, 0.2) is 12.1 Å². The van der Waals surface area contributed by atoms with Crippen molar-refractivity contribution in [2.45, 2.75) is 20.3 Å². The van der Waals surface area contributed by atoms with E-state index in [0.717, 1.165) is 4.88 Å². The first-order chi connectivity index (χ1) is 7.98. The van der Waals surface area contributed by atoms with Gasteiger partial charge in [-0.05, 0) is 26.0 Å². The fourth-order valence-corrected chi connectivity index (χ4v) is 1.87. The highest BCUT2D eigenvalue weighted by Gasteiger charge is 2.13. The number of hydrogen-bond acceptors (Lipinski definition) is 4. The highest BCUT2D eigenvalue weighted by molar-refractivity contribution is 7.14. The molecule has 1 aromatic heterocycles. The van der Waals surface area contributed by atoms with Crippen LogP contribution >= 0.6 is 11.3 Å². The van der Waals surface area contributed by atoms with E-state index in [0.29, 0.717) is 11.3 Å². The van der Waals surface area contributed by atoms with Crippen LogP contribution in [0.4, 0.5) is 0 Å². The Bertz CT molecular complexity index is 512. The lowest BCUT2D eigenvalue weighted by Gasteiger charge is -2.10. The van der Waals surface area contributed by atoms with Gasteiger partial charge in [0.2, 0.25) is 0 Å².